The lowest BCUT2D eigenvalue weighted by molar-refractivity contribution is 0.148. The van der Waals surface area contributed by atoms with Gasteiger partial charge in [0, 0.05) is 54.5 Å². The van der Waals surface area contributed by atoms with Gasteiger partial charge < -0.3 is 10.2 Å². The SMILES string of the molecule is CN1CCN(Cc2ccc(Nc3c(CC4CC4)cnc4ccc(Br)cc34)cc2)CC1. The van der Waals surface area contributed by atoms with E-state index in [1.807, 2.05) is 0 Å². The maximum Gasteiger partial charge on any atom is 0.0723 e. The summed E-state index contributed by atoms with van der Waals surface area (Å²) in [6, 6.07) is 15.3. The molecular formula is C25H29BrN4. The van der Waals surface area contributed by atoms with E-state index in [0.717, 1.165) is 60.7 Å². The number of hydrogen-bond donors (Lipinski definition) is 1. The molecule has 2 aromatic carbocycles. The number of rotatable bonds is 6. The van der Waals surface area contributed by atoms with E-state index >= 15 is 0 Å². The molecule has 5 rings (SSSR count). The molecule has 5 heteroatoms. The molecule has 0 amide bonds. The summed E-state index contributed by atoms with van der Waals surface area (Å²) < 4.78 is 1.09. The van der Waals surface area contributed by atoms with Crippen molar-refractivity contribution in [3.8, 4) is 0 Å². The van der Waals surface area contributed by atoms with Crippen molar-refractivity contribution in [3.63, 3.8) is 0 Å². The number of anilines is 2. The van der Waals surface area contributed by atoms with Crippen LogP contribution in [0.3, 0.4) is 0 Å². The van der Waals surface area contributed by atoms with E-state index in [1.54, 1.807) is 0 Å². The number of piperazine rings is 1. The molecule has 1 saturated heterocycles. The van der Waals surface area contributed by atoms with E-state index in [-0.39, 0.29) is 0 Å². The zero-order valence-corrected chi connectivity index (χ0v) is 19.2. The third-order valence-corrected chi connectivity index (χ3v) is 6.83. The highest BCUT2D eigenvalue weighted by Crippen LogP contribution is 2.38. The molecule has 1 aliphatic heterocycles. The van der Waals surface area contributed by atoms with Crippen molar-refractivity contribution in [2.45, 2.75) is 25.8 Å². The molecule has 30 heavy (non-hydrogen) atoms. The molecule has 0 bridgehead atoms. The third kappa shape index (κ3) is 4.69. The van der Waals surface area contributed by atoms with Gasteiger partial charge in [0.05, 0.1) is 11.2 Å². The van der Waals surface area contributed by atoms with Gasteiger partial charge in [0.15, 0.2) is 0 Å². The van der Waals surface area contributed by atoms with Crippen molar-refractivity contribution < 1.29 is 0 Å². The van der Waals surface area contributed by atoms with Gasteiger partial charge in [-0.1, -0.05) is 28.1 Å². The van der Waals surface area contributed by atoms with Gasteiger partial charge in [-0.15, -0.1) is 0 Å². The molecule has 2 fully saturated rings. The van der Waals surface area contributed by atoms with Gasteiger partial charge in [-0.2, -0.15) is 0 Å². The second kappa shape index (κ2) is 8.66. The average Bonchev–Trinajstić information content (AvgIpc) is 3.57. The minimum atomic E-state index is 0.822. The fourth-order valence-corrected chi connectivity index (χ4v) is 4.60. The molecule has 0 spiro atoms. The van der Waals surface area contributed by atoms with Gasteiger partial charge in [-0.3, -0.25) is 9.88 Å². The Morgan fingerprint density at radius 2 is 1.80 bits per heavy atom. The maximum absolute atomic E-state index is 4.72. The molecule has 0 atom stereocenters. The summed E-state index contributed by atoms with van der Waals surface area (Å²) >= 11 is 3.64. The molecule has 0 radical (unpaired) electrons. The lowest BCUT2D eigenvalue weighted by Gasteiger charge is -2.32. The summed E-state index contributed by atoms with van der Waals surface area (Å²) in [5.74, 6) is 0.822. The highest BCUT2D eigenvalue weighted by atomic mass is 79.9. The highest BCUT2D eigenvalue weighted by molar-refractivity contribution is 9.10. The third-order valence-electron chi connectivity index (χ3n) is 6.34. The molecule has 2 aliphatic rings. The summed E-state index contributed by atoms with van der Waals surface area (Å²) in [7, 11) is 2.20. The molecule has 1 saturated carbocycles. The Bertz CT molecular complexity index is 1020. The van der Waals surface area contributed by atoms with E-state index in [2.05, 4.69) is 86.8 Å². The monoisotopic (exact) mass is 464 g/mol. The highest BCUT2D eigenvalue weighted by Gasteiger charge is 2.24. The van der Waals surface area contributed by atoms with Crippen LogP contribution in [-0.2, 0) is 13.0 Å². The second-order valence-corrected chi connectivity index (χ2v) is 9.78. The number of nitrogens with one attached hydrogen (secondary N) is 1. The first-order valence-corrected chi connectivity index (χ1v) is 11.8. The Morgan fingerprint density at radius 1 is 1.03 bits per heavy atom. The Kier molecular flexibility index (Phi) is 5.77. The summed E-state index contributed by atoms with van der Waals surface area (Å²) in [5.41, 5.74) is 6.09. The van der Waals surface area contributed by atoms with Crippen molar-refractivity contribution in [2.75, 3.05) is 38.5 Å². The Hall–Kier alpha value is -1.95. The van der Waals surface area contributed by atoms with Gasteiger partial charge in [-0.25, -0.2) is 0 Å². The van der Waals surface area contributed by atoms with E-state index < -0.39 is 0 Å². The van der Waals surface area contributed by atoms with Crippen molar-refractivity contribution in [1.29, 1.82) is 0 Å². The topological polar surface area (TPSA) is 31.4 Å². The number of aromatic nitrogens is 1. The van der Waals surface area contributed by atoms with Crippen molar-refractivity contribution in [1.82, 2.24) is 14.8 Å². The number of likely N-dealkylation sites (N-methyl/N-ethyl adjacent to an activating group) is 1. The predicted octanol–water partition coefficient (Wildman–Crippen LogP) is 5.44. The van der Waals surface area contributed by atoms with Gasteiger partial charge in [0.2, 0.25) is 0 Å². The summed E-state index contributed by atoms with van der Waals surface area (Å²) in [4.78, 5) is 9.67. The standard InChI is InChI=1S/C25H29BrN4/c1-29-10-12-30(13-11-29)17-19-4-7-22(8-5-19)28-25-20(14-18-2-3-18)16-27-24-9-6-21(26)15-23(24)25/h4-9,15-16,18H,2-3,10-14,17H2,1H3,(H,27,28). The number of halogens is 1. The van der Waals surface area contributed by atoms with Gasteiger partial charge in [0.25, 0.3) is 0 Å². The van der Waals surface area contributed by atoms with Crippen LogP contribution in [0.5, 0.6) is 0 Å². The van der Waals surface area contributed by atoms with Gasteiger partial charge >= 0.3 is 0 Å². The van der Waals surface area contributed by atoms with Gasteiger partial charge in [-0.05, 0) is 73.7 Å². The Labute approximate surface area is 187 Å². The van der Waals surface area contributed by atoms with Crippen LogP contribution >= 0.6 is 15.9 Å². The van der Waals surface area contributed by atoms with Crippen LogP contribution in [0.1, 0.15) is 24.0 Å². The molecule has 0 unspecified atom stereocenters. The molecular weight excluding hydrogens is 436 g/mol. The fraction of sp³-hybridized carbons (Fsp3) is 0.400. The first kappa shape index (κ1) is 20.0. The van der Waals surface area contributed by atoms with Gasteiger partial charge in [0.1, 0.15) is 0 Å². The predicted molar refractivity (Wildman–Crippen MR) is 128 cm³/mol. The van der Waals surface area contributed by atoms with E-state index in [4.69, 9.17) is 4.98 Å². The van der Waals surface area contributed by atoms with Crippen molar-refractivity contribution >= 4 is 38.2 Å². The molecule has 3 aromatic rings. The molecule has 1 aliphatic carbocycles. The number of benzene rings is 2. The lowest BCUT2D eigenvalue weighted by Crippen LogP contribution is -2.43. The normalized spacial score (nSPS) is 18.1. The average molecular weight is 465 g/mol. The zero-order valence-electron chi connectivity index (χ0n) is 17.6. The number of hydrogen-bond acceptors (Lipinski definition) is 4. The van der Waals surface area contributed by atoms with Crippen LogP contribution in [0.2, 0.25) is 0 Å². The zero-order chi connectivity index (χ0) is 20.5. The summed E-state index contributed by atoms with van der Waals surface area (Å²) in [6.45, 7) is 5.66. The molecule has 156 valence electrons. The summed E-state index contributed by atoms with van der Waals surface area (Å²) in [5, 5.41) is 4.92. The minimum absolute atomic E-state index is 0.822. The van der Waals surface area contributed by atoms with Crippen LogP contribution in [0.4, 0.5) is 11.4 Å². The minimum Gasteiger partial charge on any atom is -0.355 e. The van der Waals surface area contributed by atoms with Crippen LogP contribution in [0.25, 0.3) is 10.9 Å². The van der Waals surface area contributed by atoms with Crippen LogP contribution in [-0.4, -0.2) is 48.0 Å². The quantitative estimate of drug-likeness (QED) is 0.525. The first-order valence-electron chi connectivity index (χ1n) is 11.0. The second-order valence-electron chi connectivity index (χ2n) is 8.87. The Balaban J connectivity index is 1.37. The van der Waals surface area contributed by atoms with E-state index in [9.17, 15) is 0 Å². The van der Waals surface area contributed by atoms with Crippen LogP contribution in [0.15, 0.2) is 53.1 Å². The smallest absolute Gasteiger partial charge is 0.0723 e. The van der Waals surface area contributed by atoms with Crippen LogP contribution < -0.4 is 5.32 Å². The number of pyridine rings is 1. The number of fused-ring (bicyclic) bond motifs is 1. The molecule has 4 nitrogen and oxygen atoms in total. The summed E-state index contributed by atoms with van der Waals surface area (Å²) in [6.07, 6.45) is 5.87. The Morgan fingerprint density at radius 3 is 2.53 bits per heavy atom. The largest absolute Gasteiger partial charge is 0.355 e. The van der Waals surface area contributed by atoms with E-state index in [1.165, 1.54) is 35.0 Å². The lowest BCUT2D eigenvalue weighted by atomic mass is 10.0. The maximum atomic E-state index is 4.72. The van der Waals surface area contributed by atoms with E-state index in [0.29, 0.717) is 0 Å². The first-order chi connectivity index (χ1) is 14.6. The molecule has 1 N–H and O–H groups in total. The molecule has 2 heterocycles. The van der Waals surface area contributed by atoms with Crippen molar-refractivity contribution in [3.05, 3.63) is 64.3 Å². The van der Waals surface area contributed by atoms with Crippen LogP contribution in [0, 0.1) is 5.92 Å². The van der Waals surface area contributed by atoms with Crippen molar-refractivity contribution in [2.24, 2.45) is 5.92 Å². The number of nitrogens with zero attached hydrogens (tertiary/aromatic N) is 3. The fourth-order valence-electron chi connectivity index (χ4n) is 4.24. The molecule has 1 aromatic heterocycles.